The fraction of sp³-hybridized carbons (Fsp3) is 1.00. The molecule has 0 saturated heterocycles. The van der Waals surface area contributed by atoms with Crippen molar-refractivity contribution in [2.24, 2.45) is 11.1 Å². The van der Waals surface area contributed by atoms with E-state index >= 15 is 0 Å². The fourth-order valence-corrected chi connectivity index (χ4v) is 2.75. The SMILES string of the molecule is CCCC(C)(N)C1(O)CCC(C)(C)C1. The molecule has 0 spiro atoms. The summed E-state index contributed by atoms with van der Waals surface area (Å²) < 4.78 is 0. The third kappa shape index (κ3) is 2.12. The Morgan fingerprint density at radius 3 is 2.29 bits per heavy atom. The van der Waals surface area contributed by atoms with Crippen LogP contribution >= 0.6 is 0 Å². The van der Waals surface area contributed by atoms with E-state index in [2.05, 4.69) is 20.8 Å². The molecule has 84 valence electrons. The minimum absolute atomic E-state index is 0.253. The predicted molar refractivity (Wildman–Crippen MR) is 60.1 cm³/mol. The monoisotopic (exact) mass is 199 g/mol. The van der Waals surface area contributed by atoms with Crippen LogP contribution in [0.2, 0.25) is 0 Å². The van der Waals surface area contributed by atoms with Gasteiger partial charge >= 0.3 is 0 Å². The van der Waals surface area contributed by atoms with Crippen molar-refractivity contribution in [1.82, 2.24) is 0 Å². The molecule has 0 amide bonds. The van der Waals surface area contributed by atoms with Gasteiger partial charge < -0.3 is 10.8 Å². The molecule has 2 atom stereocenters. The Kier molecular flexibility index (Phi) is 2.99. The smallest absolute Gasteiger partial charge is 0.0828 e. The topological polar surface area (TPSA) is 46.2 Å². The van der Waals surface area contributed by atoms with Gasteiger partial charge in [-0.25, -0.2) is 0 Å². The van der Waals surface area contributed by atoms with Crippen LogP contribution in [0.3, 0.4) is 0 Å². The first-order valence-electron chi connectivity index (χ1n) is 5.74. The molecular formula is C12H25NO. The van der Waals surface area contributed by atoms with Gasteiger partial charge in [0.15, 0.2) is 0 Å². The molecule has 2 unspecified atom stereocenters. The summed E-state index contributed by atoms with van der Waals surface area (Å²) in [6.07, 6.45) is 4.72. The van der Waals surface area contributed by atoms with Crippen molar-refractivity contribution in [1.29, 1.82) is 0 Å². The average Bonchev–Trinajstić information content (AvgIpc) is 2.27. The zero-order valence-electron chi connectivity index (χ0n) is 10.1. The van der Waals surface area contributed by atoms with Crippen LogP contribution in [0, 0.1) is 5.41 Å². The van der Waals surface area contributed by atoms with Gasteiger partial charge in [0.1, 0.15) is 0 Å². The maximum Gasteiger partial charge on any atom is 0.0828 e. The summed E-state index contributed by atoms with van der Waals surface area (Å²) in [7, 11) is 0. The van der Waals surface area contributed by atoms with Gasteiger partial charge in [-0.1, -0.05) is 27.2 Å². The largest absolute Gasteiger partial charge is 0.388 e. The molecule has 0 bridgehead atoms. The third-order valence-corrected chi connectivity index (χ3v) is 3.82. The van der Waals surface area contributed by atoms with Gasteiger partial charge in [0.25, 0.3) is 0 Å². The first-order chi connectivity index (χ1) is 6.22. The molecule has 1 aliphatic rings. The van der Waals surface area contributed by atoms with Gasteiger partial charge in [-0.15, -0.1) is 0 Å². The van der Waals surface area contributed by atoms with Crippen molar-refractivity contribution in [3.8, 4) is 0 Å². The van der Waals surface area contributed by atoms with Crippen LogP contribution in [0.4, 0.5) is 0 Å². The highest BCUT2D eigenvalue weighted by Crippen LogP contribution is 2.48. The lowest BCUT2D eigenvalue weighted by Crippen LogP contribution is -2.57. The second-order valence-electron chi connectivity index (χ2n) is 6.04. The molecule has 1 aliphatic carbocycles. The highest BCUT2D eigenvalue weighted by Gasteiger charge is 2.50. The number of hydrogen-bond donors (Lipinski definition) is 2. The lowest BCUT2D eigenvalue weighted by atomic mass is 9.75. The Hall–Kier alpha value is -0.0800. The van der Waals surface area contributed by atoms with E-state index in [0.717, 1.165) is 32.1 Å². The van der Waals surface area contributed by atoms with Crippen molar-refractivity contribution in [2.75, 3.05) is 0 Å². The Morgan fingerprint density at radius 1 is 1.36 bits per heavy atom. The molecule has 1 saturated carbocycles. The van der Waals surface area contributed by atoms with Crippen molar-refractivity contribution in [3.05, 3.63) is 0 Å². The minimum atomic E-state index is -0.646. The normalized spacial score (nSPS) is 35.6. The summed E-state index contributed by atoms with van der Waals surface area (Å²) in [5, 5.41) is 10.6. The van der Waals surface area contributed by atoms with Crippen molar-refractivity contribution in [2.45, 2.75) is 70.9 Å². The van der Waals surface area contributed by atoms with Crippen molar-refractivity contribution in [3.63, 3.8) is 0 Å². The molecule has 1 fully saturated rings. The molecule has 0 radical (unpaired) electrons. The van der Waals surface area contributed by atoms with Gasteiger partial charge in [0, 0.05) is 5.54 Å². The second-order valence-corrected chi connectivity index (χ2v) is 6.04. The Bertz CT molecular complexity index is 210. The predicted octanol–water partition coefficient (Wildman–Crippen LogP) is 2.45. The van der Waals surface area contributed by atoms with Gasteiger partial charge in [-0.05, 0) is 38.0 Å². The Balaban J connectivity index is 2.76. The van der Waals surface area contributed by atoms with Crippen LogP contribution in [0.25, 0.3) is 0 Å². The van der Waals surface area contributed by atoms with Gasteiger partial charge in [0.2, 0.25) is 0 Å². The average molecular weight is 199 g/mol. The lowest BCUT2D eigenvalue weighted by Gasteiger charge is -2.40. The van der Waals surface area contributed by atoms with Crippen molar-refractivity contribution < 1.29 is 5.11 Å². The van der Waals surface area contributed by atoms with Crippen LogP contribution < -0.4 is 5.73 Å². The van der Waals surface area contributed by atoms with Gasteiger partial charge in [-0.2, -0.15) is 0 Å². The van der Waals surface area contributed by atoms with E-state index in [4.69, 9.17) is 5.73 Å². The summed E-state index contributed by atoms with van der Waals surface area (Å²) >= 11 is 0. The van der Waals surface area contributed by atoms with E-state index in [9.17, 15) is 5.11 Å². The van der Waals surface area contributed by atoms with E-state index in [0.29, 0.717) is 0 Å². The zero-order chi connectivity index (χ0) is 11.0. The van der Waals surface area contributed by atoms with Gasteiger partial charge in [0.05, 0.1) is 5.60 Å². The molecule has 0 aromatic heterocycles. The summed E-state index contributed by atoms with van der Waals surface area (Å²) in [6, 6.07) is 0. The van der Waals surface area contributed by atoms with E-state index in [1.807, 2.05) is 6.92 Å². The Morgan fingerprint density at radius 2 is 1.93 bits per heavy atom. The maximum atomic E-state index is 10.6. The van der Waals surface area contributed by atoms with Crippen LogP contribution in [0.15, 0.2) is 0 Å². The first-order valence-corrected chi connectivity index (χ1v) is 5.74. The molecule has 14 heavy (non-hydrogen) atoms. The third-order valence-electron chi connectivity index (χ3n) is 3.82. The molecule has 0 aromatic carbocycles. The molecule has 3 N–H and O–H groups in total. The zero-order valence-corrected chi connectivity index (χ0v) is 10.1. The van der Waals surface area contributed by atoms with E-state index in [1.54, 1.807) is 0 Å². The standard InChI is InChI=1S/C12H25NO/c1-5-6-11(4,13)12(14)8-7-10(2,3)9-12/h14H,5-9,13H2,1-4H3. The molecule has 2 nitrogen and oxygen atoms in total. The van der Waals surface area contributed by atoms with Gasteiger partial charge in [-0.3, -0.25) is 0 Å². The quantitative estimate of drug-likeness (QED) is 0.733. The van der Waals surface area contributed by atoms with Crippen LogP contribution in [0.5, 0.6) is 0 Å². The minimum Gasteiger partial charge on any atom is -0.388 e. The van der Waals surface area contributed by atoms with Crippen LogP contribution in [-0.4, -0.2) is 16.2 Å². The highest BCUT2D eigenvalue weighted by molar-refractivity contribution is 5.07. The van der Waals surface area contributed by atoms with E-state index in [-0.39, 0.29) is 5.41 Å². The molecular weight excluding hydrogens is 174 g/mol. The molecule has 0 heterocycles. The Labute approximate surface area is 87.9 Å². The number of hydrogen-bond acceptors (Lipinski definition) is 2. The van der Waals surface area contributed by atoms with Crippen LogP contribution in [-0.2, 0) is 0 Å². The summed E-state index contributed by atoms with van der Waals surface area (Å²) in [5.41, 5.74) is 5.42. The van der Waals surface area contributed by atoms with Crippen LogP contribution in [0.1, 0.15) is 59.8 Å². The molecule has 0 aromatic rings. The summed E-state index contributed by atoms with van der Waals surface area (Å²) in [5.74, 6) is 0. The molecule has 1 rings (SSSR count). The number of nitrogens with two attached hydrogens (primary N) is 1. The van der Waals surface area contributed by atoms with Crippen molar-refractivity contribution >= 4 is 0 Å². The molecule has 0 aliphatic heterocycles. The van der Waals surface area contributed by atoms with E-state index in [1.165, 1.54) is 0 Å². The second kappa shape index (κ2) is 3.49. The maximum absolute atomic E-state index is 10.6. The number of aliphatic hydroxyl groups is 1. The lowest BCUT2D eigenvalue weighted by molar-refractivity contribution is -0.0340. The summed E-state index contributed by atoms with van der Waals surface area (Å²) in [6.45, 7) is 8.55. The first kappa shape index (κ1) is 12.0. The fourth-order valence-electron chi connectivity index (χ4n) is 2.75. The summed E-state index contributed by atoms with van der Waals surface area (Å²) in [4.78, 5) is 0. The molecule has 2 heteroatoms. The number of rotatable bonds is 3. The van der Waals surface area contributed by atoms with E-state index < -0.39 is 11.1 Å². The highest BCUT2D eigenvalue weighted by atomic mass is 16.3.